The van der Waals surface area contributed by atoms with Crippen LogP contribution in [0.3, 0.4) is 0 Å². The number of nitrogens with two attached hydrogens (primary N) is 1. The van der Waals surface area contributed by atoms with Crippen LogP contribution in [0.15, 0.2) is 48.3 Å². The number of hydrogen-bond donors (Lipinski definition) is 1. The van der Waals surface area contributed by atoms with E-state index in [0.717, 1.165) is 55.6 Å². The van der Waals surface area contributed by atoms with E-state index in [2.05, 4.69) is 12.3 Å². The molecule has 148 valence electrons. The number of aryl methyl sites for hydroxylation is 1. The van der Waals surface area contributed by atoms with Crippen LogP contribution < -0.4 is 5.73 Å². The Balaban J connectivity index is 1.49. The average molecular weight is 380 g/mol. The molecule has 0 amide bonds. The second-order valence-electron chi connectivity index (χ2n) is 7.83. The third kappa shape index (κ3) is 4.12. The molecule has 1 aromatic heterocycles. The van der Waals surface area contributed by atoms with E-state index in [-0.39, 0.29) is 18.4 Å². The zero-order chi connectivity index (χ0) is 19.5. The summed E-state index contributed by atoms with van der Waals surface area (Å²) in [6, 6.07) is 9.72. The van der Waals surface area contributed by atoms with E-state index in [1.54, 1.807) is 0 Å². The van der Waals surface area contributed by atoms with Crippen LogP contribution in [0, 0.1) is 0 Å². The molecule has 28 heavy (non-hydrogen) atoms. The van der Waals surface area contributed by atoms with E-state index in [0.29, 0.717) is 5.92 Å². The first kappa shape index (κ1) is 18.7. The molecule has 2 N–H and O–H groups in total. The van der Waals surface area contributed by atoms with Gasteiger partial charge in [-0.2, -0.15) is 5.10 Å². The molecule has 0 unspecified atom stereocenters. The molecule has 1 fully saturated rings. The lowest BCUT2D eigenvalue weighted by molar-refractivity contribution is -0.195. The summed E-state index contributed by atoms with van der Waals surface area (Å²) in [6.07, 6.45) is 9.42. The molecule has 1 aliphatic carbocycles. The fourth-order valence-electron chi connectivity index (χ4n) is 4.35. The zero-order valence-corrected chi connectivity index (χ0v) is 16.4. The van der Waals surface area contributed by atoms with Crippen molar-refractivity contribution in [1.82, 2.24) is 14.8 Å². The quantitative estimate of drug-likeness (QED) is 0.861. The Morgan fingerprint density at radius 3 is 2.89 bits per heavy atom. The SMILES string of the molecule is Cn1cc([C@@H]2CCC=C(N)C2)c([C@H]2CCCN2OC(=O)Cc2ccccc2)n1. The number of benzene rings is 1. The van der Waals surface area contributed by atoms with Gasteiger partial charge in [0.25, 0.3) is 0 Å². The van der Waals surface area contributed by atoms with Crippen LogP contribution in [0.1, 0.15) is 60.9 Å². The number of carbonyl (C=O) groups is 1. The molecule has 2 aromatic rings. The molecule has 2 atom stereocenters. The Hall–Kier alpha value is -2.60. The summed E-state index contributed by atoms with van der Waals surface area (Å²) >= 11 is 0. The number of carbonyl (C=O) groups excluding carboxylic acids is 1. The van der Waals surface area contributed by atoms with Gasteiger partial charge >= 0.3 is 5.97 Å². The first-order valence-corrected chi connectivity index (χ1v) is 10.1. The fourth-order valence-corrected chi connectivity index (χ4v) is 4.35. The van der Waals surface area contributed by atoms with Crippen molar-refractivity contribution in [3.63, 3.8) is 0 Å². The highest BCUT2D eigenvalue weighted by Gasteiger charge is 2.35. The lowest BCUT2D eigenvalue weighted by Crippen LogP contribution is -2.29. The average Bonchev–Trinajstić information content (AvgIpc) is 3.28. The van der Waals surface area contributed by atoms with Gasteiger partial charge in [0.05, 0.1) is 18.2 Å². The van der Waals surface area contributed by atoms with Gasteiger partial charge in [0, 0.05) is 25.5 Å². The van der Waals surface area contributed by atoms with Gasteiger partial charge in [0.1, 0.15) is 0 Å². The van der Waals surface area contributed by atoms with E-state index in [9.17, 15) is 4.79 Å². The van der Waals surface area contributed by atoms with Crippen LogP contribution in [0.4, 0.5) is 0 Å². The molecular weight excluding hydrogens is 352 g/mol. The predicted octanol–water partition coefficient (Wildman–Crippen LogP) is 3.37. The van der Waals surface area contributed by atoms with Crippen molar-refractivity contribution in [2.75, 3.05) is 6.54 Å². The van der Waals surface area contributed by atoms with Crippen LogP contribution in [-0.4, -0.2) is 27.4 Å². The Bertz CT molecular complexity index is 859. The molecule has 1 aromatic carbocycles. The molecule has 0 bridgehead atoms. The van der Waals surface area contributed by atoms with Crippen LogP contribution in [-0.2, 0) is 23.1 Å². The highest BCUT2D eigenvalue weighted by molar-refractivity contribution is 5.72. The molecule has 6 heteroatoms. The number of rotatable bonds is 5. The molecule has 2 aliphatic rings. The van der Waals surface area contributed by atoms with E-state index in [1.165, 1.54) is 5.56 Å². The Labute approximate surface area is 165 Å². The van der Waals surface area contributed by atoms with Gasteiger partial charge in [0.15, 0.2) is 0 Å². The molecular formula is C22H28N4O2. The Morgan fingerprint density at radius 2 is 2.11 bits per heavy atom. The summed E-state index contributed by atoms with van der Waals surface area (Å²) in [5, 5.41) is 6.59. The molecule has 0 radical (unpaired) electrons. The maximum Gasteiger partial charge on any atom is 0.329 e. The monoisotopic (exact) mass is 380 g/mol. The number of hydrogen-bond acceptors (Lipinski definition) is 5. The maximum absolute atomic E-state index is 12.5. The Kier molecular flexibility index (Phi) is 5.48. The summed E-state index contributed by atoms with van der Waals surface area (Å²) in [4.78, 5) is 18.2. The fraction of sp³-hybridized carbons (Fsp3) is 0.455. The van der Waals surface area contributed by atoms with Crippen LogP contribution in [0.25, 0.3) is 0 Å². The summed E-state index contributed by atoms with van der Waals surface area (Å²) in [6.45, 7) is 0.744. The van der Waals surface area contributed by atoms with Crippen molar-refractivity contribution in [2.24, 2.45) is 12.8 Å². The smallest absolute Gasteiger partial charge is 0.329 e. The van der Waals surface area contributed by atoms with Gasteiger partial charge in [-0.05, 0) is 49.1 Å². The minimum atomic E-state index is -0.222. The predicted molar refractivity (Wildman–Crippen MR) is 107 cm³/mol. The van der Waals surface area contributed by atoms with Gasteiger partial charge in [-0.25, -0.2) is 4.79 Å². The van der Waals surface area contributed by atoms with Crippen molar-refractivity contribution < 1.29 is 9.63 Å². The molecule has 1 aliphatic heterocycles. The number of aromatic nitrogens is 2. The highest BCUT2D eigenvalue weighted by atomic mass is 16.7. The van der Waals surface area contributed by atoms with Gasteiger partial charge in [0.2, 0.25) is 0 Å². The van der Waals surface area contributed by atoms with Crippen LogP contribution in [0.5, 0.6) is 0 Å². The second kappa shape index (κ2) is 8.19. The van der Waals surface area contributed by atoms with Crippen LogP contribution in [0.2, 0.25) is 0 Å². The minimum absolute atomic E-state index is 0.0167. The van der Waals surface area contributed by atoms with Crippen molar-refractivity contribution >= 4 is 5.97 Å². The zero-order valence-electron chi connectivity index (χ0n) is 16.4. The van der Waals surface area contributed by atoms with E-state index in [1.807, 2.05) is 47.1 Å². The van der Waals surface area contributed by atoms with Crippen LogP contribution >= 0.6 is 0 Å². The van der Waals surface area contributed by atoms with Crippen molar-refractivity contribution in [3.8, 4) is 0 Å². The molecule has 1 saturated heterocycles. The standard InChI is InChI=1S/C22H28N4O2/c1-25-15-19(17-9-5-10-18(23)14-17)22(24-25)20-11-6-12-26(20)28-21(27)13-16-7-3-2-4-8-16/h2-4,7-8,10,15,17,20H,5-6,9,11-14,23H2,1H3/t17-,20-/m1/s1. The third-order valence-corrected chi connectivity index (χ3v) is 5.66. The number of allylic oxidation sites excluding steroid dienone is 2. The van der Waals surface area contributed by atoms with Crippen molar-refractivity contribution in [3.05, 3.63) is 65.1 Å². The summed E-state index contributed by atoms with van der Waals surface area (Å²) in [5.74, 6) is 0.164. The Morgan fingerprint density at radius 1 is 1.29 bits per heavy atom. The van der Waals surface area contributed by atoms with Crippen molar-refractivity contribution in [2.45, 2.75) is 50.5 Å². The summed E-state index contributed by atoms with van der Waals surface area (Å²) in [5.41, 5.74) is 10.3. The lowest BCUT2D eigenvalue weighted by Gasteiger charge is -2.26. The van der Waals surface area contributed by atoms with Gasteiger partial charge in [-0.1, -0.05) is 36.4 Å². The number of hydroxylamine groups is 2. The first-order chi connectivity index (χ1) is 13.6. The van der Waals surface area contributed by atoms with Gasteiger partial charge < -0.3 is 10.6 Å². The number of nitrogens with zero attached hydrogens (tertiary/aromatic N) is 3. The lowest BCUT2D eigenvalue weighted by atomic mass is 9.85. The molecule has 6 nitrogen and oxygen atoms in total. The maximum atomic E-state index is 12.5. The molecule has 2 heterocycles. The second-order valence-corrected chi connectivity index (χ2v) is 7.83. The first-order valence-electron chi connectivity index (χ1n) is 10.1. The highest BCUT2D eigenvalue weighted by Crippen LogP contribution is 2.39. The topological polar surface area (TPSA) is 73.4 Å². The van der Waals surface area contributed by atoms with E-state index < -0.39 is 0 Å². The summed E-state index contributed by atoms with van der Waals surface area (Å²) in [7, 11) is 1.95. The third-order valence-electron chi connectivity index (χ3n) is 5.66. The molecule has 0 spiro atoms. The summed E-state index contributed by atoms with van der Waals surface area (Å²) < 4.78 is 1.88. The largest absolute Gasteiger partial charge is 0.402 e. The van der Waals surface area contributed by atoms with E-state index >= 15 is 0 Å². The molecule has 4 rings (SSSR count). The van der Waals surface area contributed by atoms with Crippen molar-refractivity contribution in [1.29, 1.82) is 0 Å². The van der Waals surface area contributed by atoms with Gasteiger partial charge in [-0.3, -0.25) is 4.68 Å². The minimum Gasteiger partial charge on any atom is -0.402 e. The van der Waals surface area contributed by atoms with E-state index in [4.69, 9.17) is 15.7 Å². The van der Waals surface area contributed by atoms with Gasteiger partial charge in [-0.15, -0.1) is 5.06 Å². The normalized spacial score (nSPS) is 22.8. The molecule has 0 saturated carbocycles.